The van der Waals surface area contributed by atoms with Crippen molar-refractivity contribution in [2.24, 2.45) is 5.92 Å². The normalized spacial score (nSPS) is 18.7. The van der Waals surface area contributed by atoms with Gasteiger partial charge in [-0.25, -0.2) is 0 Å². The third kappa shape index (κ3) is 4.05. The standard InChI is InChI=1S/C17H28N2/c1-3-17(16-8-6-5-7-9-16)19(4-2)14-15-10-12-18-13-11-15/h5-9,15,17-18H,3-4,10-14H2,1-2H3. The smallest absolute Gasteiger partial charge is 0.0345 e. The van der Waals surface area contributed by atoms with Crippen LogP contribution in [0.25, 0.3) is 0 Å². The summed E-state index contributed by atoms with van der Waals surface area (Å²) in [5, 5.41) is 3.46. The van der Waals surface area contributed by atoms with Crippen molar-refractivity contribution in [2.45, 2.75) is 39.2 Å². The summed E-state index contributed by atoms with van der Waals surface area (Å²) in [5.41, 5.74) is 1.47. The second-order valence-corrected chi connectivity index (χ2v) is 5.62. The molecule has 1 aromatic rings. The van der Waals surface area contributed by atoms with Gasteiger partial charge in [-0.2, -0.15) is 0 Å². The highest BCUT2D eigenvalue weighted by atomic mass is 15.2. The first-order valence-electron chi connectivity index (χ1n) is 7.84. The molecule has 0 radical (unpaired) electrons. The first-order chi connectivity index (χ1) is 9.35. The Morgan fingerprint density at radius 3 is 2.42 bits per heavy atom. The lowest BCUT2D eigenvalue weighted by atomic mass is 9.95. The molecule has 0 aliphatic carbocycles. The van der Waals surface area contributed by atoms with Crippen molar-refractivity contribution >= 4 is 0 Å². The second kappa shape index (κ2) is 7.66. The molecule has 1 unspecified atom stereocenters. The van der Waals surface area contributed by atoms with Gasteiger partial charge in [-0.05, 0) is 50.4 Å². The van der Waals surface area contributed by atoms with E-state index in [0.717, 1.165) is 12.5 Å². The molecule has 1 aliphatic heterocycles. The van der Waals surface area contributed by atoms with Crippen LogP contribution in [0.1, 0.15) is 44.7 Å². The Morgan fingerprint density at radius 2 is 1.84 bits per heavy atom. The molecular weight excluding hydrogens is 232 g/mol. The third-order valence-corrected chi connectivity index (χ3v) is 4.37. The van der Waals surface area contributed by atoms with E-state index >= 15 is 0 Å². The first kappa shape index (κ1) is 14.5. The van der Waals surface area contributed by atoms with Crippen molar-refractivity contribution in [3.8, 4) is 0 Å². The van der Waals surface area contributed by atoms with Gasteiger partial charge in [-0.3, -0.25) is 4.90 Å². The monoisotopic (exact) mass is 260 g/mol. The summed E-state index contributed by atoms with van der Waals surface area (Å²) in [6.07, 6.45) is 3.87. The largest absolute Gasteiger partial charge is 0.317 e. The summed E-state index contributed by atoms with van der Waals surface area (Å²) in [4.78, 5) is 2.67. The summed E-state index contributed by atoms with van der Waals surface area (Å²) in [7, 11) is 0. The van der Waals surface area contributed by atoms with E-state index < -0.39 is 0 Å². The van der Waals surface area contributed by atoms with E-state index in [9.17, 15) is 0 Å². The van der Waals surface area contributed by atoms with Crippen molar-refractivity contribution in [3.05, 3.63) is 35.9 Å². The number of hydrogen-bond acceptors (Lipinski definition) is 2. The van der Waals surface area contributed by atoms with E-state index in [-0.39, 0.29) is 0 Å². The molecule has 1 N–H and O–H groups in total. The molecule has 2 rings (SSSR count). The fourth-order valence-corrected chi connectivity index (χ4v) is 3.25. The molecule has 1 saturated heterocycles. The maximum Gasteiger partial charge on any atom is 0.0345 e. The van der Waals surface area contributed by atoms with Crippen molar-refractivity contribution in [1.82, 2.24) is 10.2 Å². The average Bonchev–Trinajstić information content (AvgIpc) is 2.49. The molecule has 1 aliphatic rings. The molecule has 0 amide bonds. The summed E-state index contributed by atoms with van der Waals surface area (Å²) in [6, 6.07) is 11.6. The summed E-state index contributed by atoms with van der Waals surface area (Å²) in [6.45, 7) is 9.41. The Bertz CT molecular complexity index is 344. The van der Waals surface area contributed by atoms with Crippen molar-refractivity contribution in [3.63, 3.8) is 0 Å². The predicted molar refractivity (Wildman–Crippen MR) is 82.3 cm³/mol. The highest BCUT2D eigenvalue weighted by Crippen LogP contribution is 2.26. The van der Waals surface area contributed by atoms with Gasteiger partial charge in [0.05, 0.1) is 0 Å². The Kier molecular flexibility index (Phi) is 5.87. The third-order valence-electron chi connectivity index (χ3n) is 4.37. The zero-order valence-electron chi connectivity index (χ0n) is 12.4. The SMILES string of the molecule is CCC(c1ccccc1)N(CC)CC1CCNCC1. The van der Waals surface area contributed by atoms with Gasteiger partial charge in [0.2, 0.25) is 0 Å². The average molecular weight is 260 g/mol. The van der Waals surface area contributed by atoms with Gasteiger partial charge < -0.3 is 5.32 Å². The van der Waals surface area contributed by atoms with Gasteiger partial charge in [0.1, 0.15) is 0 Å². The molecule has 2 nitrogen and oxygen atoms in total. The van der Waals surface area contributed by atoms with Crippen LogP contribution in [0.5, 0.6) is 0 Å². The molecule has 1 atom stereocenters. The maximum atomic E-state index is 3.46. The van der Waals surface area contributed by atoms with Crippen LogP contribution in [0.3, 0.4) is 0 Å². The quantitative estimate of drug-likeness (QED) is 0.842. The van der Waals surface area contributed by atoms with Crippen LogP contribution in [0, 0.1) is 5.92 Å². The Morgan fingerprint density at radius 1 is 1.16 bits per heavy atom. The van der Waals surface area contributed by atoms with Crippen LogP contribution in [0.2, 0.25) is 0 Å². The van der Waals surface area contributed by atoms with Gasteiger partial charge in [0, 0.05) is 12.6 Å². The molecule has 0 bridgehead atoms. The van der Waals surface area contributed by atoms with Crippen LogP contribution in [-0.2, 0) is 0 Å². The van der Waals surface area contributed by atoms with Crippen LogP contribution < -0.4 is 5.32 Å². The van der Waals surface area contributed by atoms with E-state index in [1.165, 1.54) is 44.5 Å². The van der Waals surface area contributed by atoms with E-state index in [0.29, 0.717) is 6.04 Å². The van der Waals surface area contributed by atoms with Gasteiger partial charge in [-0.1, -0.05) is 44.2 Å². The fraction of sp³-hybridized carbons (Fsp3) is 0.647. The number of benzene rings is 1. The minimum atomic E-state index is 0.584. The number of hydrogen-bond donors (Lipinski definition) is 1. The number of nitrogens with one attached hydrogen (secondary N) is 1. The topological polar surface area (TPSA) is 15.3 Å². The first-order valence-corrected chi connectivity index (χ1v) is 7.84. The summed E-state index contributed by atoms with van der Waals surface area (Å²) in [5.74, 6) is 0.874. The number of piperidine rings is 1. The number of nitrogens with zero attached hydrogens (tertiary/aromatic N) is 1. The predicted octanol–water partition coefficient (Wildman–Crippen LogP) is 3.46. The lowest BCUT2D eigenvalue weighted by molar-refractivity contribution is 0.155. The Balaban J connectivity index is 2.01. The van der Waals surface area contributed by atoms with Crippen LogP contribution >= 0.6 is 0 Å². The van der Waals surface area contributed by atoms with Crippen molar-refractivity contribution in [1.29, 1.82) is 0 Å². The second-order valence-electron chi connectivity index (χ2n) is 5.62. The van der Waals surface area contributed by atoms with Gasteiger partial charge in [0.15, 0.2) is 0 Å². The highest BCUT2D eigenvalue weighted by molar-refractivity contribution is 5.18. The van der Waals surface area contributed by atoms with Gasteiger partial charge in [0.25, 0.3) is 0 Å². The van der Waals surface area contributed by atoms with Gasteiger partial charge in [-0.15, -0.1) is 0 Å². The molecule has 2 heteroatoms. The van der Waals surface area contributed by atoms with Crippen LogP contribution in [-0.4, -0.2) is 31.1 Å². The summed E-state index contributed by atoms with van der Waals surface area (Å²) >= 11 is 0. The lowest BCUT2D eigenvalue weighted by Crippen LogP contribution is -2.38. The van der Waals surface area contributed by atoms with Crippen LogP contribution in [0.15, 0.2) is 30.3 Å². The van der Waals surface area contributed by atoms with E-state index in [1.807, 2.05) is 0 Å². The minimum absolute atomic E-state index is 0.584. The molecule has 0 aromatic heterocycles. The Hall–Kier alpha value is -0.860. The number of rotatable bonds is 6. The van der Waals surface area contributed by atoms with Crippen LogP contribution in [0.4, 0.5) is 0 Å². The van der Waals surface area contributed by atoms with E-state index in [4.69, 9.17) is 0 Å². The molecule has 0 spiro atoms. The molecule has 0 saturated carbocycles. The highest BCUT2D eigenvalue weighted by Gasteiger charge is 2.22. The zero-order chi connectivity index (χ0) is 13.5. The van der Waals surface area contributed by atoms with Crippen molar-refractivity contribution < 1.29 is 0 Å². The van der Waals surface area contributed by atoms with Gasteiger partial charge >= 0.3 is 0 Å². The lowest BCUT2D eigenvalue weighted by Gasteiger charge is -2.35. The Labute approximate surface area is 118 Å². The molecule has 1 fully saturated rings. The van der Waals surface area contributed by atoms with Crippen molar-refractivity contribution in [2.75, 3.05) is 26.2 Å². The molecule has 19 heavy (non-hydrogen) atoms. The summed E-state index contributed by atoms with van der Waals surface area (Å²) < 4.78 is 0. The molecule has 106 valence electrons. The molecular formula is C17H28N2. The minimum Gasteiger partial charge on any atom is -0.317 e. The van der Waals surface area contributed by atoms with E-state index in [1.54, 1.807) is 0 Å². The zero-order valence-corrected chi connectivity index (χ0v) is 12.4. The van der Waals surface area contributed by atoms with E-state index in [2.05, 4.69) is 54.4 Å². The maximum absolute atomic E-state index is 3.46. The molecule has 1 heterocycles. The fourth-order valence-electron chi connectivity index (χ4n) is 3.25. The molecule has 1 aromatic carbocycles.